The van der Waals surface area contributed by atoms with Crippen LogP contribution in [0.25, 0.3) is 0 Å². The summed E-state index contributed by atoms with van der Waals surface area (Å²) in [5.74, 6) is -0.669. The zero-order valence-electron chi connectivity index (χ0n) is 10.3. The fourth-order valence-corrected chi connectivity index (χ4v) is 3.17. The molecule has 4 nitrogen and oxygen atoms in total. The molecule has 2 rings (SSSR count). The van der Waals surface area contributed by atoms with Crippen molar-refractivity contribution >= 4 is 11.8 Å². The van der Waals surface area contributed by atoms with Crippen LogP contribution in [-0.2, 0) is 9.59 Å². The van der Waals surface area contributed by atoms with Crippen LogP contribution in [0.1, 0.15) is 51.4 Å². The molecule has 2 saturated carbocycles. The van der Waals surface area contributed by atoms with E-state index in [-0.39, 0.29) is 23.7 Å². The van der Waals surface area contributed by atoms with Crippen LogP contribution < -0.4 is 11.1 Å². The number of hydrogen-bond donors (Lipinski definition) is 2. The maximum Gasteiger partial charge on any atom is 0.224 e. The van der Waals surface area contributed by atoms with Crippen molar-refractivity contribution in [2.45, 2.75) is 57.4 Å². The first-order chi connectivity index (χ1) is 8.18. The Bertz CT molecular complexity index is 298. The molecule has 0 bridgehead atoms. The van der Waals surface area contributed by atoms with Gasteiger partial charge in [-0.2, -0.15) is 0 Å². The van der Waals surface area contributed by atoms with Gasteiger partial charge in [-0.15, -0.1) is 0 Å². The Morgan fingerprint density at radius 2 is 1.53 bits per heavy atom. The molecule has 0 spiro atoms. The minimum atomic E-state index is -0.314. The third-order valence-corrected chi connectivity index (χ3v) is 4.17. The molecule has 0 saturated heterocycles. The second kappa shape index (κ2) is 5.52. The second-order valence-corrected chi connectivity index (χ2v) is 5.39. The molecule has 2 fully saturated rings. The number of carbonyl (C=O) groups excluding carboxylic acids is 2. The standard InChI is InChI=1S/C13H22N2O2/c14-12(16)10-7-4-8-11(10)13(17)15-9-5-2-1-3-6-9/h9-11H,1-8H2,(H2,14,16)(H,15,17). The van der Waals surface area contributed by atoms with Gasteiger partial charge in [0.05, 0.1) is 0 Å². The van der Waals surface area contributed by atoms with Crippen molar-refractivity contribution in [3.8, 4) is 0 Å². The molecule has 0 heterocycles. The number of nitrogens with two attached hydrogens (primary N) is 1. The van der Waals surface area contributed by atoms with Gasteiger partial charge in [0.1, 0.15) is 0 Å². The van der Waals surface area contributed by atoms with E-state index >= 15 is 0 Å². The molecule has 17 heavy (non-hydrogen) atoms. The third kappa shape index (κ3) is 2.99. The Labute approximate surface area is 102 Å². The fraction of sp³-hybridized carbons (Fsp3) is 0.846. The van der Waals surface area contributed by atoms with Gasteiger partial charge in [-0.3, -0.25) is 9.59 Å². The highest BCUT2D eigenvalue weighted by atomic mass is 16.2. The first-order valence-electron chi connectivity index (χ1n) is 6.78. The third-order valence-electron chi connectivity index (χ3n) is 4.17. The van der Waals surface area contributed by atoms with Crippen molar-refractivity contribution in [2.24, 2.45) is 17.6 Å². The molecular formula is C13H22N2O2. The first-order valence-corrected chi connectivity index (χ1v) is 6.78. The maximum absolute atomic E-state index is 12.1. The zero-order chi connectivity index (χ0) is 12.3. The highest BCUT2D eigenvalue weighted by Crippen LogP contribution is 2.32. The molecule has 0 aromatic rings. The van der Waals surface area contributed by atoms with E-state index in [1.54, 1.807) is 0 Å². The molecular weight excluding hydrogens is 216 g/mol. The lowest BCUT2D eigenvalue weighted by Gasteiger charge is -2.25. The van der Waals surface area contributed by atoms with Crippen molar-refractivity contribution in [3.05, 3.63) is 0 Å². The Morgan fingerprint density at radius 3 is 2.18 bits per heavy atom. The van der Waals surface area contributed by atoms with Gasteiger partial charge in [-0.25, -0.2) is 0 Å². The van der Waals surface area contributed by atoms with Crippen LogP contribution in [0.3, 0.4) is 0 Å². The minimum absolute atomic E-state index is 0.0539. The van der Waals surface area contributed by atoms with Crippen LogP contribution in [0.4, 0.5) is 0 Å². The average molecular weight is 238 g/mol. The van der Waals surface area contributed by atoms with E-state index in [1.807, 2.05) is 0 Å². The predicted molar refractivity (Wildman–Crippen MR) is 65.0 cm³/mol. The Balaban J connectivity index is 1.88. The van der Waals surface area contributed by atoms with Crippen LogP contribution >= 0.6 is 0 Å². The number of rotatable bonds is 3. The van der Waals surface area contributed by atoms with Crippen molar-refractivity contribution in [2.75, 3.05) is 0 Å². The average Bonchev–Trinajstić information content (AvgIpc) is 2.79. The molecule has 0 aromatic heterocycles. The van der Waals surface area contributed by atoms with Gasteiger partial charge in [0.25, 0.3) is 0 Å². The number of hydrogen-bond acceptors (Lipinski definition) is 2. The van der Waals surface area contributed by atoms with Crippen LogP contribution in [0.15, 0.2) is 0 Å². The monoisotopic (exact) mass is 238 g/mol. The normalized spacial score (nSPS) is 30.1. The fourth-order valence-electron chi connectivity index (χ4n) is 3.17. The summed E-state index contributed by atoms with van der Waals surface area (Å²) in [7, 11) is 0. The van der Waals surface area contributed by atoms with Gasteiger partial charge >= 0.3 is 0 Å². The van der Waals surface area contributed by atoms with Gasteiger partial charge in [0, 0.05) is 17.9 Å². The quantitative estimate of drug-likeness (QED) is 0.778. The topological polar surface area (TPSA) is 72.2 Å². The summed E-state index contributed by atoms with van der Waals surface area (Å²) in [4.78, 5) is 23.4. The predicted octanol–water partition coefficient (Wildman–Crippen LogP) is 1.34. The SMILES string of the molecule is NC(=O)C1CCCC1C(=O)NC1CCCCC1. The Kier molecular flexibility index (Phi) is 4.02. The lowest BCUT2D eigenvalue weighted by atomic mass is 9.92. The van der Waals surface area contributed by atoms with Crippen molar-refractivity contribution in [1.29, 1.82) is 0 Å². The molecule has 0 aliphatic heterocycles. The van der Waals surface area contributed by atoms with E-state index < -0.39 is 0 Å². The highest BCUT2D eigenvalue weighted by molar-refractivity contribution is 5.87. The van der Waals surface area contributed by atoms with E-state index in [4.69, 9.17) is 5.73 Å². The maximum atomic E-state index is 12.1. The molecule has 2 unspecified atom stereocenters. The lowest BCUT2D eigenvalue weighted by Crippen LogP contribution is -2.43. The van der Waals surface area contributed by atoms with Gasteiger partial charge in [0.2, 0.25) is 11.8 Å². The Morgan fingerprint density at radius 1 is 0.882 bits per heavy atom. The van der Waals surface area contributed by atoms with E-state index in [0.717, 1.165) is 32.1 Å². The van der Waals surface area contributed by atoms with E-state index in [1.165, 1.54) is 19.3 Å². The van der Waals surface area contributed by atoms with Gasteiger partial charge in [0.15, 0.2) is 0 Å². The minimum Gasteiger partial charge on any atom is -0.369 e. The molecule has 2 amide bonds. The van der Waals surface area contributed by atoms with Gasteiger partial charge in [-0.1, -0.05) is 25.7 Å². The van der Waals surface area contributed by atoms with Crippen molar-refractivity contribution in [3.63, 3.8) is 0 Å². The number of primary amides is 1. The summed E-state index contributed by atoms with van der Waals surface area (Å²) in [6, 6.07) is 0.324. The molecule has 0 radical (unpaired) electrons. The number of amides is 2. The zero-order valence-corrected chi connectivity index (χ0v) is 10.3. The van der Waals surface area contributed by atoms with Crippen LogP contribution in [0.2, 0.25) is 0 Å². The molecule has 3 N–H and O–H groups in total. The van der Waals surface area contributed by atoms with Gasteiger partial charge < -0.3 is 11.1 Å². The molecule has 4 heteroatoms. The summed E-state index contributed by atoms with van der Waals surface area (Å²) >= 11 is 0. The smallest absolute Gasteiger partial charge is 0.224 e. The van der Waals surface area contributed by atoms with E-state index in [0.29, 0.717) is 6.04 Å². The molecule has 0 aromatic carbocycles. The second-order valence-electron chi connectivity index (χ2n) is 5.39. The van der Waals surface area contributed by atoms with Crippen LogP contribution in [0.5, 0.6) is 0 Å². The van der Waals surface area contributed by atoms with Crippen LogP contribution in [-0.4, -0.2) is 17.9 Å². The lowest BCUT2D eigenvalue weighted by molar-refractivity contribution is -0.132. The molecule has 2 atom stereocenters. The van der Waals surface area contributed by atoms with Crippen molar-refractivity contribution < 1.29 is 9.59 Å². The summed E-state index contributed by atoms with van der Waals surface area (Å²) < 4.78 is 0. The number of nitrogens with one attached hydrogen (secondary N) is 1. The van der Waals surface area contributed by atoms with E-state index in [9.17, 15) is 9.59 Å². The van der Waals surface area contributed by atoms with Crippen molar-refractivity contribution in [1.82, 2.24) is 5.32 Å². The summed E-state index contributed by atoms with van der Waals surface area (Å²) in [5.41, 5.74) is 5.34. The largest absolute Gasteiger partial charge is 0.369 e. The first kappa shape index (κ1) is 12.4. The molecule has 2 aliphatic carbocycles. The summed E-state index contributed by atoms with van der Waals surface area (Å²) in [5, 5.41) is 3.10. The molecule has 2 aliphatic rings. The number of carbonyl (C=O) groups is 2. The van der Waals surface area contributed by atoms with E-state index in [2.05, 4.69) is 5.32 Å². The highest BCUT2D eigenvalue weighted by Gasteiger charge is 2.37. The van der Waals surface area contributed by atoms with Crippen LogP contribution in [0, 0.1) is 11.8 Å². The Hall–Kier alpha value is -1.06. The van der Waals surface area contributed by atoms with Gasteiger partial charge in [-0.05, 0) is 25.7 Å². The molecule has 96 valence electrons. The summed E-state index contributed by atoms with van der Waals surface area (Å²) in [6.45, 7) is 0. The summed E-state index contributed by atoms with van der Waals surface area (Å²) in [6.07, 6.45) is 8.38.